The third-order valence-corrected chi connectivity index (χ3v) is 10.4. The lowest BCUT2D eigenvalue weighted by Crippen LogP contribution is -2.18. The standard InChI is InChI=1S/C24H42O4S2/c1-23(2,17-25)15-5-7-19-9-11-21(29(19)27)13-14-22-12-10-20(30(22)28)8-6-16-24(3,4)18-26/h11-12,19-20,25-26H,5-10,13-18H2,1-4H3. The molecule has 2 aliphatic rings. The quantitative estimate of drug-likeness (QED) is 0.409. The van der Waals surface area contributed by atoms with Gasteiger partial charge in [-0.15, -0.1) is 0 Å². The first kappa shape index (κ1) is 26.0. The molecule has 0 amide bonds. The highest BCUT2D eigenvalue weighted by atomic mass is 32.2. The second-order valence-corrected chi connectivity index (χ2v) is 14.2. The maximum absolute atomic E-state index is 12.8. The van der Waals surface area contributed by atoms with Gasteiger partial charge in [0, 0.05) is 33.5 Å². The van der Waals surface area contributed by atoms with Gasteiger partial charge in [0.05, 0.1) is 21.6 Å². The summed E-state index contributed by atoms with van der Waals surface area (Å²) in [6, 6.07) is 0. The van der Waals surface area contributed by atoms with Crippen LogP contribution in [0.2, 0.25) is 0 Å². The van der Waals surface area contributed by atoms with E-state index in [1.54, 1.807) is 0 Å². The molecule has 0 aromatic carbocycles. The average molecular weight is 459 g/mol. The van der Waals surface area contributed by atoms with Gasteiger partial charge in [-0.05, 0) is 62.2 Å². The van der Waals surface area contributed by atoms with E-state index >= 15 is 0 Å². The minimum Gasteiger partial charge on any atom is -0.396 e. The smallest absolute Gasteiger partial charge is 0.0519 e. The predicted octanol–water partition coefficient (Wildman–Crippen LogP) is 4.95. The van der Waals surface area contributed by atoms with Crippen LogP contribution < -0.4 is 0 Å². The molecule has 0 aromatic rings. The zero-order valence-electron chi connectivity index (χ0n) is 19.3. The van der Waals surface area contributed by atoms with Crippen molar-refractivity contribution in [1.29, 1.82) is 0 Å². The van der Waals surface area contributed by atoms with Crippen LogP contribution in [0.1, 0.15) is 91.9 Å². The zero-order chi connectivity index (χ0) is 22.4. The lowest BCUT2D eigenvalue weighted by Gasteiger charge is -2.22. The topological polar surface area (TPSA) is 74.6 Å². The van der Waals surface area contributed by atoms with Gasteiger partial charge in [-0.3, -0.25) is 8.42 Å². The number of hydrogen-bond donors (Lipinski definition) is 2. The van der Waals surface area contributed by atoms with E-state index in [0.29, 0.717) is 0 Å². The predicted molar refractivity (Wildman–Crippen MR) is 128 cm³/mol. The van der Waals surface area contributed by atoms with Crippen LogP contribution >= 0.6 is 0 Å². The van der Waals surface area contributed by atoms with Crippen molar-refractivity contribution < 1.29 is 18.6 Å². The minimum atomic E-state index is -0.916. The van der Waals surface area contributed by atoms with E-state index in [1.165, 1.54) is 0 Å². The molecule has 2 heterocycles. The second kappa shape index (κ2) is 11.5. The molecule has 6 heteroatoms. The molecule has 0 spiro atoms. The van der Waals surface area contributed by atoms with Crippen LogP contribution in [-0.4, -0.2) is 42.3 Å². The van der Waals surface area contributed by atoms with Gasteiger partial charge in [0.1, 0.15) is 0 Å². The highest BCUT2D eigenvalue weighted by Gasteiger charge is 2.29. The van der Waals surface area contributed by atoms with Crippen molar-refractivity contribution in [2.75, 3.05) is 13.2 Å². The summed E-state index contributed by atoms with van der Waals surface area (Å²) in [6.07, 6.45) is 13.3. The molecular formula is C24H42O4S2. The highest BCUT2D eigenvalue weighted by molar-refractivity contribution is 7.90. The van der Waals surface area contributed by atoms with Gasteiger partial charge < -0.3 is 10.2 Å². The van der Waals surface area contributed by atoms with E-state index in [9.17, 15) is 18.6 Å². The maximum atomic E-state index is 12.8. The Balaban J connectivity index is 1.71. The van der Waals surface area contributed by atoms with Crippen molar-refractivity contribution in [3.05, 3.63) is 22.0 Å². The van der Waals surface area contributed by atoms with E-state index in [2.05, 4.69) is 39.8 Å². The van der Waals surface area contributed by atoms with Crippen molar-refractivity contribution in [2.45, 2.75) is 102 Å². The average Bonchev–Trinajstić information content (AvgIpc) is 3.23. The van der Waals surface area contributed by atoms with Crippen LogP contribution in [0.15, 0.2) is 22.0 Å². The fourth-order valence-corrected chi connectivity index (χ4v) is 7.46. The van der Waals surface area contributed by atoms with E-state index < -0.39 is 21.6 Å². The SMILES string of the molecule is CC(C)(CO)CCCC1CC=C(CCC2=CCC(CCCC(C)(C)CO)S2=O)S1=O. The molecule has 2 rings (SSSR count). The maximum Gasteiger partial charge on any atom is 0.0519 e. The molecule has 0 aromatic heterocycles. The Morgan fingerprint density at radius 1 is 0.800 bits per heavy atom. The summed E-state index contributed by atoms with van der Waals surface area (Å²) in [5, 5.41) is 19.2. The van der Waals surface area contributed by atoms with E-state index in [4.69, 9.17) is 0 Å². The fourth-order valence-electron chi connectivity index (χ4n) is 4.17. The first-order valence-electron chi connectivity index (χ1n) is 11.5. The third kappa shape index (κ3) is 7.68. The summed E-state index contributed by atoms with van der Waals surface area (Å²) in [5.41, 5.74) is -0.112. The van der Waals surface area contributed by atoms with Gasteiger partial charge in [0.2, 0.25) is 0 Å². The highest BCUT2D eigenvalue weighted by Crippen LogP contribution is 2.34. The van der Waals surface area contributed by atoms with Gasteiger partial charge in [0.15, 0.2) is 0 Å². The lowest BCUT2D eigenvalue weighted by molar-refractivity contribution is 0.147. The summed E-state index contributed by atoms with van der Waals surface area (Å²) < 4.78 is 25.6. The summed E-state index contributed by atoms with van der Waals surface area (Å²) in [6.45, 7) is 8.65. The molecule has 2 N–H and O–H groups in total. The Kier molecular flexibility index (Phi) is 9.98. The van der Waals surface area contributed by atoms with Crippen molar-refractivity contribution in [1.82, 2.24) is 0 Å². The molecule has 0 saturated heterocycles. The zero-order valence-corrected chi connectivity index (χ0v) is 21.0. The number of aliphatic hydroxyl groups is 2. The van der Waals surface area contributed by atoms with Crippen molar-refractivity contribution in [2.24, 2.45) is 10.8 Å². The van der Waals surface area contributed by atoms with Crippen molar-refractivity contribution in [3.8, 4) is 0 Å². The van der Waals surface area contributed by atoms with Crippen molar-refractivity contribution in [3.63, 3.8) is 0 Å². The van der Waals surface area contributed by atoms with Crippen LogP contribution in [-0.2, 0) is 21.6 Å². The molecule has 0 fully saturated rings. The van der Waals surface area contributed by atoms with Gasteiger partial charge in [-0.2, -0.15) is 0 Å². The van der Waals surface area contributed by atoms with E-state index in [1.807, 2.05) is 0 Å². The number of rotatable bonds is 13. The number of hydrogen-bond acceptors (Lipinski definition) is 4. The third-order valence-electron chi connectivity index (χ3n) is 6.57. The van der Waals surface area contributed by atoms with Gasteiger partial charge in [0.25, 0.3) is 0 Å². The Labute approximate surface area is 188 Å². The molecule has 0 aliphatic carbocycles. The largest absolute Gasteiger partial charge is 0.396 e. The Morgan fingerprint density at radius 2 is 1.17 bits per heavy atom. The molecule has 4 nitrogen and oxygen atoms in total. The molecule has 4 atom stereocenters. The normalized spacial score (nSPS) is 27.4. The Morgan fingerprint density at radius 3 is 1.50 bits per heavy atom. The first-order valence-corrected chi connectivity index (χ1v) is 13.9. The van der Waals surface area contributed by atoms with Crippen LogP contribution in [0, 0.1) is 10.8 Å². The molecule has 2 aliphatic heterocycles. The summed E-state index contributed by atoms with van der Waals surface area (Å²) in [4.78, 5) is 2.07. The molecule has 4 unspecified atom stereocenters. The lowest BCUT2D eigenvalue weighted by atomic mass is 9.88. The van der Waals surface area contributed by atoms with Crippen LogP contribution in [0.3, 0.4) is 0 Å². The molecule has 0 bridgehead atoms. The monoisotopic (exact) mass is 458 g/mol. The molecule has 0 radical (unpaired) electrons. The van der Waals surface area contributed by atoms with Gasteiger partial charge >= 0.3 is 0 Å². The second-order valence-electron chi connectivity index (χ2n) is 10.6. The molecule has 0 saturated carbocycles. The number of allylic oxidation sites excluding steroid dienone is 4. The van der Waals surface area contributed by atoms with Crippen LogP contribution in [0.5, 0.6) is 0 Å². The summed E-state index contributed by atoms with van der Waals surface area (Å²) in [7, 11) is -1.83. The fraction of sp³-hybridized carbons (Fsp3) is 0.833. The van der Waals surface area contributed by atoms with Gasteiger partial charge in [-0.25, -0.2) is 0 Å². The molecular weight excluding hydrogens is 416 g/mol. The van der Waals surface area contributed by atoms with Crippen LogP contribution in [0.25, 0.3) is 0 Å². The molecule has 30 heavy (non-hydrogen) atoms. The minimum absolute atomic E-state index is 0.0558. The Hall–Kier alpha value is -0.300. The molecule has 174 valence electrons. The first-order chi connectivity index (χ1) is 14.1. The van der Waals surface area contributed by atoms with E-state index in [-0.39, 0.29) is 34.5 Å². The Bertz CT molecular complexity index is 621. The summed E-state index contributed by atoms with van der Waals surface area (Å²) >= 11 is 0. The summed E-state index contributed by atoms with van der Waals surface area (Å²) in [5.74, 6) is 0. The van der Waals surface area contributed by atoms with Gasteiger partial charge in [-0.1, -0.05) is 52.7 Å². The van der Waals surface area contributed by atoms with E-state index in [0.717, 1.165) is 74.0 Å². The van der Waals surface area contributed by atoms with Crippen molar-refractivity contribution >= 4 is 21.6 Å². The van der Waals surface area contributed by atoms with Crippen LogP contribution in [0.4, 0.5) is 0 Å². The number of aliphatic hydroxyl groups excluding tert-OH is 2.